The summed E-state index contributed by atoms with van der Waals surface area (Å²) in [6.07, 6.45) is 0.105. The fourth-order valence-electron chi connectivity index (χ4n) is 2.77. The Hall–Kier alpha value is -3.13. The van der Waals surface area contributed by atoms with Crippen molar-refractivity contribution in [3.8, 4) is 0 Å². The second kappa shape index (κ2) is 9.38. The number of anilines is 2. The van der Waals surface area contributed by atoms with Crippen LogP contribution in [-0.2, 0) is 23.1 Å². The molecule has 0 fully saturated rings. The summed E-state index contributed by atoms with van der Waals surface area (Å²) in [4.78, 5) is 24.5. The molecule has 3 rings (SSSR count). The Morgan fingerprint density at radius 3 is 2.48 bits per heavy atom. The zero-order valence-electron chi connectivity index (χ0n) is 16.6. The van der Waals surface area contributed by atoms with Gasteiger partial charge in [0.1, 0.15) is 5.82 Å². The van der Waals surface area contributed by atoms with E-state index in [0.717, 1.165) is 22.5 Å². The average Bonchev–Trinajstić information content (AvgIpc) is 3.03. The minimum absolute atomic E-state index is 0.105. The number of hydrogen-bond donors (Lipinski definition) is 2. The fourth-order valence-corrected chi connectivity index (χ4v) is 3.50. The third kappa shape index (κ3) is 5.68. The van der Waals surface area contributed by atoms with Crippen LogP contribution in [0, 0.1) is 13.8 Å². The smallest absolute Gasteiger partial charge is 0.234 e. The van der Waals surface area contributed by atoms with Gasteiger partial charge in [-0.3, -0.25) is 9.59 Å². The second-order valence-electron chi connectivity index (χ2n) is 6.70. The molecular weight excluding hydrogens is 386 g/mol. The van der Waals surface area contributed by atoms with E-state index in [-0.39, 0.29) is 24.0 Å². The summed E-state index contributed by atoms with van der Waals surface area (Å²) < 4.78 is 1.74. The van der Waals surface area contributed by atoms with Crippen LogP contribution in [0.25, 0.3) is 0 Å². The Balaban J connectivity index is 1.54. The van der Waals surface area contributed by atoms with Crippen LogP contribution in [0.4, 0.5) is 11.4 Å². The first-order valence-electron chi connectivity index (χ1n) is 9.15. The number of rotatable bonds is 7. The van der Waals surface area contributed by atoms with Crippen molar-refractivity contribution in [3.05, 3.63) is 65.5 Å². The zero-order valence-corrected chi connectivity index (χ0v) is 17.4. The summed E-state index contributed by atoms with van der Waals surface area (Å²) >= 11 is 1.28. The Morgan fingerprint density at radius 2 is 1.76 bits per heavy atom. The van der Waals surface area contributed by atoms with Gasteiger partial charge in [0, 0.05) is 18.4 Å². The normalized spacial score (nSPS) is 10.6. The van der Waals surface area contributed by atoms with Crippen molar-refractivity contribution in [2.45, 2.75) is 25.4 Å². The van der Waals surface area contributed by atoms with Gasteiger partial charge in [-0.25, -0.2) is 0 Å². The van der Waals surface area contributed by atoms with Gasteiger partial charge < -0.3 is 15.2 Å². The third-order valence-corrected chi connectivity index (χ3v) is 5.31. The number of nitrogens with zero attached hydrogens (tertiary/aromatic N) is 3. The number of aryl methyl sites for hydroxylation is 2. The van der Waals surface area contributed by atoms with E-state index in [1.807, 2.05) is 62.4 Å². The van der Waals surface area contributed by atoms with Crippen LogP contribution in [0.15, 0.2) is 53.7 Å². The van der Waals surface area contributed by atoms with E-state index in [9.17, 15) is 9.59 Å². The van der Waals surface area contributed by atoms with E-state index < -0.39 is 0 Å². The standard InChI is InChI=1S/C21H23N5O2S/c1-14-9-10-17(15(2)11-14)23-19(27)12-18-24-25-21(26(18)3)29-13-20(28)22-16-7-5-4-6-8-16/h4-11H,12-13H2,1-3H3,(H,22,28)(H,23,27). The third-order valence-electron chi connectivity index (χ3n) is 4.29. The molecule has 0 saturated heterocycles. The number of carbonyl (C=O) groups excluding carboxylic acids is 2. The SMILES string of the molecule is Cc1ccc(NC(=O)Cc2nnc(SCC(=O)Nc3ccccc3)n2C)c(C)c1. The van der Waals surface area contributed by atoms with Crippen LogP contribution in [0.1, 0.15) is 17.0 Å². The van der Waals surface area contributed by atoms with E-state index in [2.05, 4.69) is 20.8 Å². The van der Waals surface area contributed by atoms with Gasteiger partial charge in [0.25, 0.3) is 0 Å². The molecular formula is C21H23N5O2S. The molecule has 1 aromatic heterocycles. The lowest BCUT2D eigenvalue weighted by molar-refractivity contribution is -0.116. The maximum atomic E-state index is 12.4. The first-order chi connectivity index (χ1) is 13.9. The van der Waals surface area contributed by atoms with Crippen LogP contribution in [-0.4, -0.2) is 32.3 Å². The van der Waals surface area contributed by atoms with Gasteiger partial charge in [-0.15, -0.1) is 10.2 Å². The number of hydrogen-bond acceptors (Lipinski definition) is 5. The molecule has 0 atom stereocenters. The molecule has 0 bridgehead atoms. The maximum Gasteiger partial charge on any atom is 0.234 e. The molecule has 2 aromatic carbocycles. The number of carbonyl (C=O) groups is 2. The number of amides is 2. The van der Waals surface area contributed by atoms with Crippen LogP contribution in [0.2, 0.25) is 0 Å². The largest absolute Gasteiger partial charge is 0.325 e. The summed E-state index contributed by atoms with van der Waals surface area (Å²) in [5.74, 6) is 0.456. The molecule has 8 heteroatoms. The minimum atomic E-state index is -0.161. The Bertz CT molecular complexity index is 1020. The fraction of sp³-hybridized carbons (Fsp3) is 0.238. The van der Waals surface area contributed by atoms with Crippen molar-refractivity contribution in [2.75, 3.05) is 16.4 Å². The second-order valence-corrected chi connectivity index (χ2v) is 7.65. The van der Waals surface area contributed by atoms with Gasteiger partial charge >= 0.3 is 0 Å². The summed E-state index contributed by atoms with van der Waals surface area (Å²) in [6, 6.07) is 15.2. The van der Waals surface area contributed by atoms with E-state index in [1.165, 1.54) is 11.8 Å². The van der Waals surface area contributed by atoms with Gasteiger partial charge in [-0.2, -0.15) is 0 Å². The molecule has 0 radical (unpaired) electrons. The molecule has 0 aliphatic rings. The Labute approximate surface area is 173 Å². The lowest BCUT2D eigenvalue weighted by Crippen LogP contribution is -2.18. The molecule has 29 heavy (non-hydrogen) atoms. The molecule has 150 valence electrons. The predicted octanol–water partition coefficient (Wildman–Crippen LogP) is 3.34. The highest BCUT2D eigenvalue weighted by Gasteiger charge is 2.15. The van der Waals surface area contributed by atoms with Crippen molar-refractivity contribution in [2.24, 2.45) is 7.05 Å². The highest BCUT2D eigenvalue weighted by Crippen LogP contribution is 2.18. The Morgan fingerprint density at radius 1 is 1.00 bits per heavy atom. The van der Waals surface area contributed by atoms with Crippen molar-refractivity contribution in [1.82, 2.24) is 14.8 Å². The average molecular weight is 410 g/mol. The predicted molar refractivity (Wildman–Crippen MR) is 115 cm³/mol. The lowest BCUT2D eigenvalue weighted by Gasteiger charge is -2.09. The van der Waals surface area contributed by atoms with Crippen molar-refractivity contribution in [1.29, 1.82) is 0 Å². The molecule has 3 aromatic rings. The quantitative estimate of drug-likeness (QED) is 0.584. The molecule has 0 unspecified atom stereocenters. The molecule has 2 amide bonds. The van der Waals surface area contributed by atoms with Crippen LogP contribution >= 0.6 is 11.8 Å². The summed E-state index contributed by atoms with van der Waals surface area (Å²) in [6.45, 7) is 3.97. The summed E-state index contributed by atoms with van der Waals surface area (Å²) in [7, 11) is 1.79. The van der Waals surface area contributed by atoms with E-state index >= 15 is 0 Å². The van der Waals surface area contributed by atoms with Gasteiger partial charge in [0.2, 0.25) is 11.8 Å². The van der Waals surface area contributed by atoms with Gasteiger partial charge in [-0.1, -0.05) is 47.7 Å². The Kier molecular flexibility index (Phi) is 6.66. The number of aromatic nitrogens is 3. The minimum Gasteiger partial charge on any atom is -0.325 e. The number of para-hydroxylation sites is 1. The highest BCUT2D eigenvalue weighted by atomic mass is 32.2. The molecule has 7 nitrogen and oxygen atoms in total. The molecule has 0 saturated carbocycles. The summed E-state index contributed by atoms with van der Waals surface area (Å²) in [5.41, 5.74) is 3.69. The van der Waals surface area contributed by atoms with Gasteiger partial charge in [0.15, 0.2) is 5.16 Å². The van der Waals surface area contributed by atoms with E-state index in [1.54, 1.807) is 11.6 Å². The van der Waals surface area contributed by atoms with Crippen LogP contribution in [0.3, 0.4) is 0 Å². The number of benzene rings is 2. The van der Waals surface area contributed by atoms with E-state index in [4.69, 9.17) is 0 Å². The maximum absolute atomic E-state index is 12.4. The van der Waals surface area contributed by atoms with Crippen molar-refractivity contribution in [3.63, 3.8) is 0 Å². The monoisotopic (exact) mass is 409 g/mol. The lowest BCUT2D eigenvalue weighted by atomic mass is 10.1. The number of thioether (sulfide) groups is 1. The van der Waals surface area contributed by atoms with Crippen molar-refractivity contribution >= 4 is 35.0 Å². The van der Waals surface area contributed by atoms with Gasteiger partial charge in [-0.05, 0) is 37.6 Å². The molecule has 0 aliphatic carbocycles. The van der Waals surface area contributed by atoms with E-state index in [0.29, 0.717) is 11.0 Å². The first kappa shape index (κ1) is 20.6. The molecule has 1 heterocycles. The highest BCUT2D eigenvalue weighted by molar-refractivity contribution is 7.99. The zero-order chi connectivity index (χ0) is 20.8. The number of nitrogens with one attached hydrogen (secondary N) is 2. The van der Waals surface area contributed by atoms with Crippen LogP contribution in [0.5, 0.6) is 0 Å². The first-order valence-corrected chi connectivity index (χ1v) is 10.1. The molecule has 2 N–H and O–H groups in total. The molecule has 0 spiro atoms. The summed E-state index contributed by atoms with van der Waals surface area (Å²) in [5, 5.41) is 14.5. The van der Waals surface area contributed by atoms with Crippen LogP contribution < -0.4 is 10.6 Å². The van der Waals surface area contributed by atoms with Crippen molar-refractivity contribution < 1.29 is 9.59 Å². The topological polar surface area (TPSA) is 88.9 Å². The van der Waals surface area contributed by atoms with Gasteiger partial charge in [0.05, 0.1) is 12.2 Å². The molecule has 0 aliphatic heterocycles.